The number of carbonyl (C=O) groups excluding carboxylic acids is 1. The lowest BCUT2D eigenvalue weighted by atomic mass is 10.1. The van der Waals surface area contributed by atoms with Crippen molar-refractivity contribution in [1.82, 2.24) is 15.1 Å². The highest BCUT2D eigenvalue weighted by Crippen LogP contribution is 2.21. The monoisotopic (exact) mass is 281 g/mol. The van der Waals surface area contributed by atoms with Crippen LogP contribution in [0.4, 0.5) is 0 Å². The van der Waals surface area contributed by atoms with Gasteiger partial charge in [0, 0.05) is 23.2 Å². The third kappa shape index (κ3) is 2.24. The van der Waals surface area contributed by atoms with Gasteiger partial charge in [0.15, 0.2) is 11.5 Å². The summed E-state index contributed by atoms with van der Waals surface area (Å²) in [6.07, 6.45) is 1.86. The number of hydrogen-bond acceptors (Lipinski definition) is 5. The zero-order chi connectivity index (χ0) is 14.8. The van der Waals surface area contributed by atoms with Crippen LogP contribution >= 0.6 is 0 Å². The number of nitrogens with zero attached hydrogens (tertiary/aromatic N) is 3. The number of nitrogens with two attached hydrogens (primary N) is 1. The Hall–Kier alpha value is -3.11. The van der Waals surface area contributed by atoms with Crippen molar-refractivity contribution in [3.63, 3.8) is 0 Å². The zero-order valence-corrected chi connectivity index (χ0v) is 10.9. The highest BCUT2D eigenvalue weighted by Gasteiger charge is 2.12. The molecule has 21 heavy (non-hydrogen) atoms. The fraction of sp³-hybridized carbons (Fsp3) is 0.0714. The molecule has 2 aromatic heterocycles. The van der Waals surface area contributed by atoms with Crippen LogP contribution in [0.15, 0.2) is 41.1 Å². The van der Waals surface area contributed by atoms with Gasteiger partial charge >= 0.3 is 0 Å². The molecule has 3 N–H and O–H groups in total. The number of nitrogens with one attached hydrogen (secondary N) is 1. The van der Waals surface area contributed by atoms with Gasteiger partial charge in [-0.15, -0.1) is 0 Å². The average Bonchev–Trinajstić information content (AvgIpc) is 3.14. The molecule has 104 valence electrons. The van der Waals surface area contributed by atoms with Crippen molar-refractivity contribution in [3.05, 3.63) is 53.5 Å². The van der Waals surface area contributed by atoms with Crippen molar-refractivity contribution in [2.24, 2.45) is 5.84 Å². The van der Waals surface area contributed by atoms with Crippen LogP contribution in [-0.2, 0) is 6.54 Å². The van der Waals surface area contributed by atoms with E-state index in [-0.39, 0.29) is 5.69 Å². The van der Waals surface area contributed by atoms with Crippen LogP contribution in [0.1, 0.15) is 21.8 Å². The lowest BCUT2D eigenvalue weighted by Crippen LogP contribution is -2.30. The zero-order valence-electron chi connectivity index (χ0n) is 10.9. The second-order valence-electron chi connectivity index (χ2n) is 4.45. The van der Waals surface area contributed by atoms with E-state index < -0.39 is 5.91 Å². The van der Waals surface area contributed by atoms with Gasteiger partial charge in [-0.25, -0.2) is 5.84 Å². The Morgan fingerprint density at radius 1 is 1.48 bits per heavy atom. The molecule has 0 bridgehead atoms. The molecule has 7 nitrogen and oxygen atoms in total. The number of nitriles is 1. The van der Waals surface area contributed by atoms with Gasteiger partial charge in [-0.3, -0.25) is 10.2 Å². The molecular weight excluding hydrogens is 270 g/mol. The van der Waals surface area contributed by atoms with Crippen LogP contribution in [0.2, 0.25) is 0 Å². The largest absolute Gasteiger partial charge is 0.359 e. The van der Waals surface area contributed by atoms with Crippen LogP contribution in [0.3, 0.4) is 0 Å². The molecule has 7 heteroatoms. The van der Waals surface area contributed by atoms with Crippen molar-refractivity contribution < 1.29 is 9.32 Å². The van der Waals surface area contributed by atoms with Crippen molar-refractivity contribution in [2.75, 3.05) is 0 Å². The standard InChI is InChI=1S/C14H11N5O2/c15-7-9-2-1-3-13-11(9)4-5-19(13)8-10-6-12(18-21-10)14(20)17-16/h1-6H,8,16H2,(H,17,20). The maximum Gasteiger partial charge on any atom is 0.287 e. The maximum atomic E-state index is 11.3. The molecule has 0 atom stereocenters. The fourth-order valence-corrected chi connectivity index (χ4v) is 2.20. The number of rotatable bonds is 3. The Balaban J connectivity index is 1.94. The van der Waals surface area contributed by atoms with E-state index in [0.717, 1.165) is 10.9 Å². The number of carbonyl (C=O) groups is 1. The van der Waals surface area contributed by atoms with Gasteiger partial charge in [0.25, 0.3) is 5.91 Å². The predicted octanol–water partition coefficient (Wildman–Crippen LogP) is 1.15. The van der Waals surface area contributed by atoms with Gasteiger partial charge < -0.3 is 9.09 Å². The Labute approximate surface area is 119 Å². The third-order valence-corrected chi connectivity index (χ3v) is 3.18. The van der Waals surface area contributed by atoms with Crippen LogP contribution in [0.5, 0.6) is 0 Å². The second-order valence-corrected chi connectivity index (χ2v) is 4.45. The number of nitrogen functional groups attached to an aromatic ring is 1. The predicted molar refractivity (Wildman–Crippen MR) is 73.9 cm³/mol. The number of benzene rings is 1. The van der Waals surface area contributed by atoms with E-state index in [9.17, 15) is 4.79 Å². The SMILES string of the molecule is N#Cc1cccc2c1ccn2Cc1cc(C(=O)NN)no1. The van der Waals surface area contributed by atoms with E-state index in [4.69, 9.17) is 15.6 Å². The van der Waals surface area contributed by atoms with E-state index in [2.05, 4.69) is 11.2 Å². The fourth-order valence-electron chi connectivity index (χ4n) is 2.20. The van der Waals surface area contributed by atoms with Gasteiger partial charge in [-0.1, -0.05) is 11.2 Å². The molecule has 0 radical (unpaired) electrons. The first kappa shape index (κ1) is 12.9. The number of hydrogen-bond donors (Lipinski definition) is 2. The molecule has 2 heterocycles. The summed E-state index contributed by atoms with van der Waals surface area (Å²) in [4.78, 5) is 11.3. The molecule has 0 aliphatic rings. The summed E-state index contributed by atoms with van der Waals surface area (Å²) in [5, 5.41) is 13.6. The molecule has 1 amide bonds. The van der Waals surface area contributed by atoms with Gasteiger partial charge in [-0.05, 0) is 18.2 Å². The van der Waals surface area contributed by atoms with Crippen molar-refractivity contribution >= 4 is 16.8 Å². The second kappa shape index (κ2) is 5.11. The van der Waals surface area contributed by atoms with Crippen LogP contribution in [0, 0.1) is 11.3 Å². The lowest BCUT2D eigenvalue weighted by Gasteiger charge is -2.02. The summed E-state index contributed by atoms with van der Waals surface area (Å²) in [5.41, 5.74) is 3.65. The van der Waals surface area contributed by atoms with Crippen LogP contribution in [0.25, 0.3) is 10.9 Å². The molecule has 0 saturated heterocycles. The Morgan fingerprint density at radius 2 is 2.33 bits per heavy atom. The van der Waals surface area contributed by atoms with Crippen LogP contribution < -0.4 is 11.3 Å². The number of amides is 1. The molecule has 0 aliphatic heterocycles. The summed E-state index contributed by atoms with van der Waals surface area (Å²) < 4.78 is 7.03. The normalized spacial score (nSPS) is 10.5. The summed E-state index contributed by atoms with van der Waals surface area (Å²) in [5.74, 6) is 5.05. The maximum absolute atomic E-state index is 11.3. The molecular formula is C14H11N5O2. The van der Waals surface area contributed by atoms with Crippen molar-refractivity contribution in [1.29, 1.82) is 5.26 Å². The molecule has 0 unspecified atom stereocenters. The minimum Gasteiger partial charge on any atom is -0.359 e. The molecule has 0 spiro atoms. The first-order chi connectivity index (χ1) is 10.2. The summed E-state index contributed by atoms with van der Waals surface area (Å²) in [6, 6.07) is 11.1. The first-order valence-corrected chi connectivity index (χ1v) is 6.17. The minimum atomic E-state index is -0.505. The van der Waals surface area contributed by atoms with Crippen molar-refractivity contribution in [3.8, 4) is 6.07 Å². The molecule has 0 aliphatic carbocycles. The van der Waals surface area contributed by atoms with E-state index in [1.807, 2.05) is 34.4 Å². The Morgan fingerprint density at radius 3 is 3.10 bits per heavy atom. The topological polar surface area (TPSA) is 110 Å². The van der Waals surface area contributed by atoms with E-state index in [0.29, 0.717) is 17.9 Å². The van der Waals surface area contributed by atoms with Crippen molar-refractivity contribution in [2.45, 2.75) is 6.54 Å². The average molecular weight is 281 g/mol. The van der Waals surface area contributed by atoms with Crippen LogP contribution in [-0.4, -0.2) is 15.6 Å². The number of aromatic nitrogens is 2. The van der Waals surface area contributed by atoms with E-state index in [1.165, 1.54) is 6.07 Å². The molecule has 0 saturated carbocycles. The van der Waals surface area contributed by atoms with Gasteiger partial charge in [0.1, 0.15) is 0 Å². The lowest BCUT2D eigenvalue weighted by molar-refractivity contribution is 0.0944. The van der Waals surface area contributed by atoms with Gasteiger partial charge in [-0.2, -0.15) is 5.26 Å². The summed E-state index contributed by atoms with van der Waals surface area (Å²) in [6.45, 7) is 0.406. The third-order valence-electron chi connectivity index (χ3n) is 3.18. The van der Waals surface area contributed by atoms with Gasteiger partial charge in [0.2, 0.25) is 0 Å². The van der Waals surface area contributed by atoms with Gasteiger partial charge in [0.05, 0.1) is 18.2 Å². The molecule has 0 fully saturated rings. The number of fused-ring (bicyclic) bond motifs is 1. The van der Waals surface area contributed by atoms with E-state index >= 15 is 0 Å². The highest BCUT2D eigenvalue weighted by atomic mass is 16.5. The quantitative estimate of drug-likeness (QED) is 0.425. The minimum absolute atomic E-state index is 0.127. The van der Waals surface area contributed by atoms with E-state index in [1.54, 1.807) is 6.07 Å². The Kier molecular flexibility index (Phi) is 3.14. The molecule has 3 aromatic rings. The molecule has 1 aromatic carbocycles. The Bertz CT molecular complexity index is 856. The summed E-state index contributed by atoms with van der Waals surface area (Å²) in [7, 11) is 0. The highest BCUT2D eigenvalue weighted by molar-refractivity contribution is 5.91. The smallest absolute Gasteiger partial charge is 0.287 e. The summed E-state index contributed by atoms with van der Waals surface area (Å²) >= 11 is 0. The first-order valence-electron chi connectivity index (χ1n) is 6.17. The number of hydrazine groups is 1. The molecule has 3 rings (SSSR count).